The van der Waals surface area contributed by atoms with Gasteiger partial charge in [0.15, 0.2) is 0 Å². The Morgan fingerprint density at radius 3 is 2.61 bits per heavy atom. The molecule has 0 radical (unpaired) electrons. The highest BCUT2D eigenvalue weighted by molar-refractivity contribution is 8.04. The summed E-state index contributed by atoms with van der Waals surface area (Å²) in [5, 5.41) is 0.284. The van der Waals surface area contributed by atoms with E-state index in [4.69, 9.17) is 4.74 Å². The third kappa shape index (κ3) is 4.96. The van der Waals surface area contributed by atoms with Crippen molar-refractivity contribution < 1.29 is 18.7 Å². The molecule has 2 heterocycles. The number of carbonyl (C=O) groups is 2. The fourth-order valence-electron chi connectivity index (χ4n) is 5.54. The molecule has 1 aliphatic carbocycles. The highest BCUT2D eigenvalue weighted by Crippen LogP contribution is 2.43. The number of anilines is 1. The number of carbonyl (C=O) groups excluding carboxylic acids is 2. The van der Waals surface area contributed by atoms with Crippen LogP contribution in [-0.2, 0) is 9.59 Å². The fraction of sp³-hybridized carbons (Fsp3) is 0.429. The van der Waals surface area contributed by atoms with Gasteiger partial charge in [-0.1, -0.05) is 24.3 Å². The van der Waals surface area contributed by atoms with Gasteiger partial charge in [-0.25, -0.2) is 4.39 Å². The first-order valence-corrected chi connectivity index (χ1v) is 13.4. The molecule has 2 aromatic carbocycles. The van der Waals surface area contributed by atoms with E-state index in [1.807, 2.05) is 58.2 Å². The number of rotatable bonds is 4. The summed E-state index contributed by atoms with van der Waals surface area (Å²) in [6.45, 7) is 2.43. The second-order valence-corrected chi connectivity index (χ2v) is 11.0. The quantitative estimate of drug-likeness (QED) is 0.577. The van der Waals surface area contributed by atoms with E-state index in [0.717, 1.165) is 29.1 Å². The van der Waals surface area contributed by atoms with E-state index in [2.05, 4.69) is 0 Å². The molecule has 2 aromatic rings. The number of halogens is 1. The van der Waals surface area contributed by atoms with Crippen LogP contribution in [0.1, 0.15) is 24.8 Å². The van der Waals surface area contributed by atoms with Crippen LogP contribution in [0.5, 0.6) is 5.75 Å². The second-order valence-electron chi connectivity index (χ2n) is 9.70. The van der Waals surface area contributed by atoms with Crippen molar-refractivity contribution >= 4 is 35.3 Å². The van der Waals surface area contributed by atoms with E-state index in [0.29, 0.717) is 38.3 Å². The molecule has 190 valence electrons. The Morgan fingerprint density at radius 2 is 1.86 bits per heavy atom. The molecule has 0 bridgehead atoms. The van der Waals surface area contributed by atoms with Crippen molar-refractivity contribution in [1.82, 2.24) is 9.80 Å². The van der Waals surface area contributed by atoms with E-state index in [-0.39, 0.29) is 34.8 Å². The maximum atomic E-state index is 14.2. The Kier molecular flexibility index (Phi) is 7.23. The van der Waals surface area contributed by atoms with Crippen LogP contribution in [0.4, 0.5) is 10.1 Å². The molecule has 3 unspecified atom stereocenters. The molecule has 3 aliphatic rings. The highest BCUT2D eigenvalue weighted by atomic mass is 32.2. The number of fused-ring (bicyclic) bond motifs is 1. The summed E-state index contributed by atoms with van der Waals surface area (Å²) in [6, 6.07) is 14.5. The van der Waals surface area contributed by atoms with Gasteiger partial charge >= 0.3 is 0 Å². The zero-order valence-electron chi connectivity index (χ0n) is 20.7. The van der Waals surface area contributed by atoms with Crippen LogP contribution < -0.4 is 9.64 Å². The number of benzene rings is 2. The fourth-order valence-corrected chi connectivity index (χ4v) is 7.02. The molecular weight excluding hydrogens is 477 g/mol. The van der Waals surface area contributed by atoms with Gasteiger partial charge in [0.25, 0.3) is 5.91 Å². The van der Waals surface area contributed by atoms with Gasteiger partial charge in [-0.05, 0) is 55.2 Å². The summed E-state index contributed by atoms with van der Waals surface area (Å²) >= 11 is 1.65. The van der Waals surface area contributed by atoms with Crippen molar-refractivity contribution in [2.45, 2.75) is 30.6 Å². The first-order chi connectivity index (χ1) is 17.4. The molecule has 3 atom stereocenters. The van der Waals surface area contributed by atoms with Crippen LogP contribution in [0.3, 0.4) is 0 Å². The number of hydrogen-bond acceptors (Lipinski definition) is 5. The molecule has 1 saturated carbocycles. The lowest BCUT2D eigenvalue weighted by molar-refractivity contribution is -0.139. The molecular formula is C28H32FN3O3S. The summed E-state index contributed by atoms with van der Waals surface area (Å²) in [4.78, 5) is 33.1. The van der Waals surface area contributed by atoms with Gasteiger partial charge in [-0.3, -0.25) is 9.59 Å². The van der Waals surface area contributed by atoms with Crippen LogP contribution in [-0.4, -0.2) is 73.2 Å². The zero-order chi connectivity index (χ0) is 25.2. The van der Waals surface area contributed by atoms with Crippen LogP contribution in [0.25, 0.3) is 6.08 Å². The molecule has 2 saturated heterocycles. The Bertz CT molecular complexity index is 1160. The third-order valence-electron chi connectivity index (χ3n) is 7.59. The third-order valence-corrected chi connectivity index (χ3v) is 8.99. The number of piperazine rings is 1. The first kappa shape index (κ1) is 24.7. The predicted molar refractivity (Wildman–Crippen MR) is 141 cm³/mol. The minimum absolute atomic E-state index is 0.00988. The molecule has 5 rings (SSSR count). The molecule has 0 N–H and O–H groups in total. The molecule has 2 aliphatic heterocycles. The topological polar surface area (TPSA) is 53.1 Å². The highest BCUT2D eigenvalue weighted by Gasteiger charge is 2.43. The number of ether oxygens (including phenoxy) is 1. The van der Waals surface area contributed by atoms with Gasteiger partial charge in [-0.2, -0.15) is 0 Å². The Balaban J connectivity index is 1.21. The number of thioether (sulfide) groups is 1. The lowest BCUT2D eigenvalue weighted by atomic mass is 9.83. The van der Waals surface area contributed by atoms with Crippen LogP contribution >= 0.6 is 11.8 Å². The van der Waals surface area contributed by atoms with E-state index >= 15 is 0 Å². The van der Waals surface area contributed by atoms with E-state index in [1.165, 1.54) is 6.07 Å². The van der Waals surface area contributed by atoms with Gasteiger partial charge < -0.3 is 19.4 Å². The van der Waals surface area contributed by atoms with Crippen molar-refractivity contribution in [1.29, 1.82) is 0 Å². The largest absolute Gasteiger partial charge is 0.497 e. The zero-order valence-corrected chi connectivity index (χ0v) is 21.5. The summed E-state index contributed by atoms with van der Waals surface area (Å²) in [5.74, 6) is 0.641. The monoisotopic (exact) mass is 509 g/mol. The van der Waals surface area contributed by atoms with Crippen molar-refractivity contribution in [3.05, 3.63) is 64.8 Å². The number of nitrogens with zero attached hydrogens (tertiary/aromatic N) is 3. The molecule has 2 amide bonds. The molecule has 0 spiro atoms. The minimum Gasteiger partial charge on any atom is -0.497 e. The second kappa shape index (κ2) is 10.5. The number of para-hydroxylation sites is 1. The Hall–Kier alpha value is -3.00. The average Bonchev–Trinajstić information content (AvgIpc) is 2.91. The summed E-state index contributed by atoms with van der Waals surface area (Å²) in [7, 11) is 3.49. The maximum absolute atomic E-state index is 14.2. The standard InChI is InChI=1S/C28H32FN3O3S/c1-30-24-18-20(27(33)32-14-12-31(13-15-32)23-9-4-3-8-22(23)29)10-11-25(24)36-26(28(30)34)17-19-6-5-7-21(16-19)35-2/h3-9,16-17,20,24-25H,10-15,18H2,1-2H3/b26-17-. The SMILES string of the molecule is COc1cccc(/C=C2\SC3CCC(C(=O)N4CCN(c5ccccc5F)CC4)CC3N(C)C2=O)c1. The molecule has 8 heteroatoms. The minimum atomic E-state index is -0.224. The van der Waals surface area contributed by atoms with Gasteiger partial charge in [0.1, 0.15) is 11.6 Å². The van der Waals surface area contributed by atoms with Crippen LogP contribution in [0.2, 0.25) is 0 Å². The van der Waals surface area contributed by atoms with Gasteiger partial charge in [-0.15, -0.1) is 11.8 Å². The van der Waals surface area contributed by atoms with Crippen molar-refractivity contribution in [2.24, 2.45) is 5.92 Å². The molecule has 3 fully saturated rings. The van der Waals surface area contributed by atoms with Gasteiger partial charge in [0, 0.05) is 50.4 Å². The van der Waals surface area contributed by atoms with Gasteiger partial charge in [0.2, 0.25) is 5.91 Å². The van der Waals surface area contributed by atoms with E-state index < -0.39 is 0 Å². The maximum Gasteiger partial charge on any atom is 0.260 e. The predicted octanol–water partition coefficient (Wildman–Crippen LogP) is 4.27. The lowest BCUT2D eigenvalue weighted by Crippen LogP contribution is -2.55. The summed E-state index contributed by atoms with van der Waals surface area (Å²) < 4.78 is 19.5. The summed E-state index contributed by atoms with van der Waals surface area (Å²) in [5.41, 5.74) is 1.54. The summed E-state index contributed by atoms with van der Waals surface area (Å²) in [6.07, 6.45) is 4.36. The number of methoxy groups -OCH3 is 1. The van der Waals surface area contributed by atoms with E-state index in [1.54, 1.807) is 31.0 Å². The van der Waals surface area contributed by atoms with Crippen molar-refractivity contribution in [3.8, 4) is 5.75 Å². The van der Waals surface area contributed by atoms with Gasteiger partial charge in [0.05, 0.1) is 17.7 Å². The molecule has 6 nitrogen and oxygen atoms in total. The lowest BCUT2D eigenvalue weighted by Gasteiger charge is -2.45. The van der Waals surface area contributed by atoms with Crippen LogP contribution in [0.15, 0.2) is 53.4 Å². The number of hydrogen-bond donors (Lipinski definition) is 0. The van der Waals surface area contributed by atoms with Crippen molar-refractivity contribution in [2.75, 3.05) is 45.2 Å². The Morgan fingerprint density at radius 1 is 1.08 bits per heavy atom. The number of amides is 2. The number of likely N-dealkylation sites (N-methyl/N-ethyl adjacent to an activating group) is 1. The smallest absolute Gasteiger partial charge is 0.260 e. The Labute approximate surface area is 216 Å². The van der Waals surface area contributed by atoms with E-state index in [9.17, 15) is 14.0 Å². The van der Waals surface area contributed by atoms with Crippen LogP contribution in [0, 0.1) is 11.7 Å². The normalized spacial score (nSPS) is 25.6. The molecule has 0 aromatic heterocycles. The average molecular weight is 510 g/mol. The first-order valence-electron chi connectivity index (χ1n) is 12.5. The molecule has 36 heavy (non-hydrogen) atoms. The van der Waals surface area contributed by atoms with Crippen molar-refractivity contribution in [3.63, 3.8) is 0 Å².